The summed E-state index contributed by atoms with van der Waals surface area (Å²) >= 11 is 0. The van der Waals surface area contributed by atoms with E-state index in [2.05, 4.69) is 39.5 Å². The number of fused-ring (bicyclic) bond motifs is 1. The second-order valence-corrected chi connectivity index (χ2v) is 4.51. The molecule has 2 heterocycles. The normalized spacial score (nSPS) is 15.5. The zero-order valence-electron chi connectivity index (χ0n) is 10.1. The first-order chi connectivity index (χ1) is 8.38. The second-order valence-electron chi connectivity index (χ2n) is 4.51. The summed E-state index contributed by atoms with van der Waals surface area (Å²) in [7, 11) is 1.95. The Balaban J connectivity index is 2.12. The number of rotatable bonds is 2. The summed E-state index contributed by atoms with van der Waals surface area (Å²) in [5.74, 6) is 1.14. The molecule has 1 aromatic carbocycles. The Morgan fingerprint density at radius 2 is 2.00 bits per heavy atom. The molecular formula is C14H17N3. The molecule has 0 saturated carbocycles. The summed E-state index contributed by atoms with van der Waals surface area (Å²) < 4.78 is 0. The van der Waals surface area contributed by atoms with Crippen LogP contribution in [0.15, 0.2) is 30.5 Å². The Morgan fingerprint density at radius 3 is 2.76 bits per heavy atom. The summed E-state index contributed by atoms with van der Waals surface area (Å²) in [4.78, 5) is 6.94. The number of nitrogens with one attached hydrogen (secondary N) is 1. The second kappa shape index (κ2) is 4.24. The van der Waals surface area contributed by atoms with Crippen molar-refractivity contribution in [3.05, 3.63) is 30.5 Å². The van der Waals surface area contributed by atoms with E-state index in [1.807, 2.05) is 13.2 Å². The highest BCUT2D eigenvalue weighted by Crippen LogP contribution is 2.28. The number of benzene rings is 1. The van der Waals surface area contributed by atoms with E-state index in [0.717, 1.165) is 24.6 Å². The smallest absolute Gasteiger partial charge is 0.136 e. The Bertz CT molecular complexity index is 530. The lowest BCUT2D eigenvalue weighted by molar-refractivity contribution is 0.946. The Morgan fingerprint density at radius 1 is 1.18 bits per heavy atom. The first kappa shape index (κ1) is 10.4. The maximum atomic E-state index is 4.55. The van der Waals surface area contributed by atoms with Gasteiger partial charge in [0.2, 0.25) is 0 Å². The van der Waals surface area contributed by atoms with Crippen LogP contribution < -0.4 is 10.2 Å². The number of pyridine rings is 1. The van der Waals surface area contributed by atoms with E-state index in [-0.39, 0.29) is 0 Å². The zero-order chi connectivity index (χ0) is 11.7. The molecule has 0 radical (unpaired) electrons. The van der Waals surface area contributed by atoms with E-state index >= 15 is 0 Å². The fourth-order valence-electron chi connectivity index (χ4n) is 2.50. The minimum absolute atomic E-state index is 1.14. The molecule has 0 spiro atoms. The third-order valence-electron chi connectivity index (χ3n) is 3.44. The minimum Gasteiger partial charge on any atom is -0.388 e. The van der Waals surface area contributed by atoms with Gasteiger partial charge in [0.05, 0.1) is 0 Å². The molecule has 1 aliphatic heterocycles. The van der Waals surface area contributed by atoms with Crippen LogP contribution in [0.1, 0.15) is 12.8 Å². The number of anilines is 2. The van der Waals surface area contributed by atoms with Gasteiger partial charge in [-0.2, -0.15) is 0 Å². The maximum Gasteiger partial charge on any atom is 0.136 e. The standard InChI is InChI=1S/C14H17N3/c1-15-12-4-5-13-11(10-12)6-7-16-14(13)17-8-2-3-9-17/h4-7,10,15H,2-3,8-9H2,1H3. The molecule has 2 aromatic rings. The van der Waals surface area contributed by atoms with Gasteiger partial charge in [0.15, 0.2) is 0 Å². The van der Waals surface area contributed by atoms with Crippen LogP contribution in [-0.4, -0.2) is 25.1 Å². The van der Waals surface area contributed by atoms with Gasteiger partial charge in [0.1, 0.15) is 5.82 Å². The van der Waals surface area contributed by atoms with Crippen LogP contribution in [0.5, 0.6) is 0 Å². The van der Waals surface area contributed by atoms with Crippen molar-refractivity contribution < 1.29 is 0 Å². The van der Waals surface area contributed by atoms with Crippen LogP contribution in [-0.2, 0) is 0 Å². The highest BCUT2D eigenvalue weighted by Gasteiger charge is 2.15. The molecule has 1 aliphatic rings. The van der Waals surface area contributed by atoms with Gasteiger partial charge in [-0.05, 0) is 42.5 Å². The zero-order valence-corrected chi connectivity index (χ0v) is 10.1. The molecule has 1 N–H and O–H groups in total. The van der Waals surface area contributed by atoms with Crippen LogP contribution in [0.4, 0.5) is 11.5 Å². The van der Waals surface area contributed by atoms with Crippen LogP contribution in [0, 0.1) is 0 Å². The fraction of sp³-hybridized carbons (Fsp3) is 0.357. The van der Waals surface area contributed by atoms with Crippen molar-refractivity contribution in [2.24, 2.45) is 0 Å². The van der Waals surface area contributed by atoms with E-state index < -0.39 is 0 Å². The molecule has 3 heteroatoms. The van der Waals surface area contributed by atoms with E-state index in [4.69, 9.17) is 0 Å². The maximum absolute atomic E-state index is 4.55. The van der Waals surface area contributed by atoms with Crippen molar-refractivity contribution in [3.8, 4) is 0 Å². The molecule has 0 atom stereocenters. The Kier molecular flexibility index (Phi) is 2.59. The first-order valence-electron chi connectivity index (χ1n) is 6.20. The summed E-state index contributed by atoms with van der Waals surface area (Å²) in [5, 5.41) is 5.69. The highest BCUT2D eigenvalue weighted by atomic mass is 15.2. The molecule has 0 bridgehead atoms. The van der Waals surface area contributed by atoms with Gasteiger partial charge in [-0.25, -0.2) is 4.98 Å². The average molecular weight is 227 g/mol. The largest absolute Gasteiger partial charge is 0.388 e. The molecule has 3 rings (SSSR count). The quantitative estimate of drug-likeness (QED) is 0.855. The van der Waals surface area contributed by atoms with Gasteiger partial charge in [-0.3, -0.25) is 0 Å². The lowest BCUT2D eigenvalue weighted by atomic mass is 10.1. The molecule has 3 nitrogen and oxygen atoms in total. The third kappa shape index (κ3) is 1.82. The van der Waals surface area contributed by atoms with Crippen LogP contribution in [0.3, 0.4) is 0 Å². The predicted molar refractivity (Wildman–Crippen MR) is 72.7 cm³/mol. The van der Waals surface area contributed by atoms with Gasteiger partial charge in [-0.15, -0.1) is 0 Å². The van der Waals surface area contributed by atoms with Gasteiger partial charge >= 0.3 is 0 Å². The van der Waals surface area contributed by atoms with E-state index in [0.29, 0.717) is 0 Å². The summed E-state index contributed by atoms with van der Waals surface area (Å²) in [5.41, 5.74) is 1.15. The van der Waals surface area contributed by atoms with Crippen LogP contribution in [0.25, 0.3) is 10.8 Å². The molecule has 88 valence electrons. The predicted octanol–water partition coefficient (Wildman–Crippen LogP) is 2.88. The molecule has 1 aromatic heterocycles. The van der Waals surface area contributed by atoms with Crippen molar-refractivity contribution in [3.63, 3.8) is 0 Å². The fourth-order valence-corrected chi connectivity index (χ4v) is 2.50. The summed E-state index contributed by atoms with van der Waals surface area (Å²) in [6.07, 6.45) is 4.48. The molecular weight excluding hydrogens is 210 g/mol. The first-order valence-corrected chi connectivity index (χ1v) is 6.20. The minimum atomic E-state index is 1.14. The summed E-state index contributed by atoms with van der Waals surface area (Å²) in [6, 6.07) is 8.54. The Hall–Kier alpha value is -1.77. The van der Waals surface area contributed by atoms with Crippen LogP contribution >= 0.6 is 0 Å². The third-order valence-corrected chi connectivity index (χ3v) is 3.44. The van der Waals surface area contributed by atoms with Crippen LogP contribution in [0.2, 0.25) is 0 Å². The molecule has 1 saturated heterocycles. The summed E-state index contributed by atoms with van der Waals surface area (Å²) in [6.45, 7) is 2.28. The topological polar surface area (TPSA) is 28.2 Å². The highest BCUT2D eigenvalue weighted by molar-refractivity contribution is 5.94. The van der Waals surface area contributed by atoms with E-state index in [9.17, 15) is 0 Å². The molecule has 0 unspecified atom stereocenters. The molecule has 0 aliphatic carbocycles. The van der Waals surface area contributed by atoms with Gasteiger partial charge in [-0.1, -0.05) is 0 Å². The van der Waals surface area contributed by atoms with Gasteiger partial charge < -0.3 is 10.2 Å². The number of aromatic nitrogens is 1. The average Bonchev–Trinajstić information content (AvgIpc) is 2.91. The van der Waals surface area contributed by atoms with Crippen molar-refractivity contribution in [1.29, 1.82) is 0 Å². The number of nitrogens with zero attached hydrogens (tertiary/aromatic N) is 2. The lowest BCUT2D eigenvalue weighted by Gasteiger charge is -2.18. The van der Waals surface area contributed by atoms with Gasteiger partial charge in [0.25, 0.3) is 0 Å². The molecule has 1 fully saturated rings. The molecule has 0 amide bonds. The van der Waals surface area contributed by atoms with E-state index in [1.54, 1.807) is 0 Å². The van der Waals surface area contributed by atoms with Crippen molar-refractivity contribution in [1.82, 2.24) is 4.98 Å². The Labute approximate surface area is 101 Å². The number of hydrogen-bond donors (Lipinski definition) is 1. The van der Waals surface area contributed by atoms with Crippen molar-refractivity contribution in [2.45, 2.75) is 12.8 Å². The lowest BCUT2D eigenvalue weighted by Crippen LogP contribution is -2.19. The van der Waals surface area contributed by atoms with E-state index in [1.165, 1.54) is 23.6 Å². The van der Waals surface area contributed by atoms with Crippen molar-refractivity contribution >= 4 is 22.3 Å². The van der Waals surface area contributed by atoms with Crippen molar-refractivity contribution in [2.75, 3.05) is 30.4 Å². The monoisotopic (exact) mass is 227 g/mol. The van der Waals surface area contributed by atoms with Gasteiger partial charge in [0, 0.05) is 37.4 Å². The number of hydrogen-bond acceptors (Lipinski definition) is 3. The SMILES string of the molecule is CNc1ccc2c(N3CCCC3)nccc2c1. The molecule has 17 heavy (non-hydrogen) atoms.